The van der Waals surface area contributed by atoms with Gasteiger partial charge in [0, 0.05) is 19.0 Å². The lowest BCUT2D eigenvalue weighted by Gasteiger charge is -2.22. The number of aromatic nitrogens is 2. The highest BCUT2D eigenvalue weighted by molar-refractivity contribution is 5.18. The number of hydrogen-bond acceptors (Lipinski definition) is 2. The molecule has 0 aromatic carbocycles. The van der Waals surface area contributed by atoms with Crippen LogP contribution in [0.4, 0.5) is 0 Å². The molecule has 0 aliphatic heterocycles. The summed E-state index contributed by atoms with van der Waals surface area (Å²) in [5, 5.41) is 4.49. The number of nitrogens with two attached hydrogens (primary N) is 1. The Balaban J connectivity index is 2.23. The zero-order valence-electron chi connectivity index (χ0n) is 8.33. The van der Waals surface area contributed by atoms with Gasteiger partial charge in [0.15, 0.2) is 0 Å². The molecule has 1 aliphatic rings. The van der Waals surface area contributed by atoms with Crippen molar-refractivity contribution < 1.29 is 0 Å². The number of nitrogens with zero attached hydrogens (tertiary/aromatic N) is 2. The molecule has 0 radical (unpaired) electrons. The third kappa shape index (κ3) is 1.48. The summed E-state index contributed by atoms with van der Waals surface area (Å²) in [7, 11) is 1.97. The van der Waals surface area contributed by atoms with Crippen LogP contribution < -0.4 is 5.73 Å². The maximum atomic E-state index is 5.83. The third-order valence-electron chi connectivity index (χ3n) is 2.92. The lowest BCUT2D eigenvalue weighted by atomic mass is 9.83. The smallest absolute Gasteiger partial charge is 0.0658 e. The summed E-state index contributed by atoms with van der Waals surface area (Å²) in [6.45, 7) is 2.00. The van der Waals surface area contributed by atoms with Crippen LogP contribution in [0.3, 0.4) is 0 Å². The second kappa shape index (κ2) is 3.14. The summed E-state index contributed by atoms with van der Waals surface area (Å²) in [6.07, 6.45) is 3.96. The molecular formula is C10H17N3. The van der Waals surface area contributed by atoms with Gasteiger partial charge in [0.2, 0.25) is 0 Å². The zero-order chi connectivity index (χ0) is 9.42. The molecule has 0 saturated heterocycles. The second-order valence-corrected chi connectivity index (χ2v) is 4.03. The lowest BCUT2D eigenvalue weighted by molar-refractivity contribution is 0.407. The molecule has 1 aromatic rings. The normalized spacial score (nSPS) is 19.9. The van der Waals surface area contributed by atoms with Gasteiger partial charge in [-0.1, -0.05) is 6.42 Å². The third-order valence-corrected chi connectivity index (χ3v) is 2.92. The molecule has 1 atom stereocenters. The van der Waals surface area contributed by atoms with Crippen molar-refractivity contribution in [1.29, 1.82) is 0 Å². The van der Waals surface area contributed by atoms with E-state index in [0.717, 1.165) is 5.69 Å². The summed E-state index contributed by atoms with van der Waals surface area (Å²) in [6, 6.07) is 2.25. The van der Waals surface area contributed by atoms with Crippen molar-refractivity contribution >= 4 is 0 Å². The highest BCUT2D eigenvalue weighted by Crippen LogP contribution is 2.36. The minimum Gasteiger partial charge on any atom is -0.323 e. The molecule has 2 N–H and O–H groups in total. The van der Waals surface area contributed by atoms with Crippen LogP contribution in [-0.4, -0.2) is 9.78 Å². The number of hydrogen-bond donors (Lipinski definition) is 1. The average molecular weight is 179 g/mol. The SMILES string of the molecule is C[C@H](N)c1cc(C2CCC2)nn1C. The topological polar surface area (TPSA) is 43.8 Å². The van der Waals surface area contributed by atoms with Crippen molar-refractivity contribution in [1.82, 2.24) is 9.78 Å². The van der Waals surface area contributed by atoms with Crippen LogP contribution in [0.1, 0.15) is 49.5 Å². The summed E-state index contributed by atoms with van der Waals surface area (Å²) in [5.74, 6) is 0.707. The molecule has 1 heterocycles. The minimum absolute atomic E-state index is 0.0892. The van der Waals surface area contributed by atoms with Crippen LogP contribution in [0, 0.1) is 0 Å². The Morgan fingerprint density at radius 1 is 1.62 bits per heavy atom. The predicted molar refractivity (Wildman–Crippen MR) is 52.4 cm³/mol. The molecule has 0 unspecified atom stereocenters. The highest BCUT2D eigenvalue weighted by atomic mass is 15.3. The molecule has 3 nitrogen and oxygen atoms in total. The van der Waals surface area contributed by atoms with Crippen molar-refractivity contribution in [2.24, 2.45) is 12.8 Å². The fraction of sp³-hybridized carbons (Fsp3) is 0.700. The largest absolute Gasteiger partial charge is 0.323 e. The fourth-order valence-corrected chi connectivity index (χ4v) is 1.83. The molecule has 1 saturated carbocycles. The van der Waals surface area contributed by atoms with Crippen LogP contribution >= 0.6 is 0 Å². The van der Waals surface area contributed by atoms with E-state index in [1.807, 2.05) is 18.7 Å². The lowest BCUT2D eigenvalue weighted by Crippen LogP contribution is -2.10. The standard InChI is InChI=1S/C10H17N3/c1-7(11)10-6-9(12-13(10)2)8-4-3-5-8/h6-8H,3-5,11H2,1-2H3/t7-/m0/s1. The molecule has 13 heavy (non-hydrogen) atoms. The molecular weight excluding hydrogens is 162 g/mol. The molecule has 1 fully saturated rings. The van der Waals surface area contributed by atoms with Gasteiger partial charge in [-0.15, -0.1) is 0 Å². The minimum atomic E-state index is 0.0892. The Morgan fingerprint density at radius 3 is 2.69 bits per heavy atom. The van der Waals surface area contributed by atoms with E-state index in [0.29, 0.717) is 5.92 Å². The van der Waals surface area contributed by atoms with E-state index >= 15 is 0 Å². The zero-order valence-corrected chi connectivity index (χ0v) is 8.33. The quantitative estimate of drug-likeness (QED) is 0.751. The number of aryl methyl sites for hydroxylation is 1. The van der Waals surface area contributed by atoms with Gasteiger partial charge in [0.25, 0.3) is 0 Å². The first-order valence-corrected chi connectivity index (χ1v) is 4.98. The van der Waals surface area contributed by atoms with Gasteiger partial charge < -0.3 is 5.73 Å². The number of rotatable bonds is 2. The molecule has 0 amide bonds. The van der Waals surface area contributed by atoms with E-state index in [1.165, 1.54) is 25.0 Å². The summed E-state index contributed by atoms with van der Waals surface area (Å²) >= 11 is 0. The average Bonchev–Trinajstić information content (AvgIpc) is 2.27. The van der Waals surface area contributed by atoms with E-state index in [-0.39, 0.29) is 6.04 Å². The monoisotopic (exact) mass is 179 g/mol. The van der Waals surface area contributed by atoms with E-state index < -0.39 is 0 Å². The van der Waals surface area contributed by atoms with Gasteiger partial charge in [-0.25, -0.2) is 0 Å². The highest BCUT2D eigenvalue weighted by Gasteiger charge is 2.23. The van der Waals surface area contributed by atoms with Crippen molar-refractivity contribution in [3.63, 3.8) is 0 Å². The van der Waals surface area contributed by atoms with E-state index in [4.69, 9.17) is 5.73 Å². The van der Waals surface area contributed by atoms with Crippen LogP contribution in [0.15, 0.2) is 6.07 Å². The van der Waals surface area contributed by atoms with E-state index in [2.05, 4.69) is 11.2 Å². The van der Waals surface area contributed by atoms with Gasteiger partial charge in [0.1, 0.15) is 0 Å². The summed E-state index contributed by atoms with van der Waals surface area (Å²) < 4.78 is 1.92. The summed E-state index contributed by atoms with van der Waals surface area (Å²) in [4.78, 5) is 0. The van der Waals surface area contributed by atoms with E-state index in [9.17, 15) is 0 Å². The molecule has 72 valence electrons. The van der Waals surface area contributed by atoms with Crippen LogP contribution in [0.5, 0.6) is 0 Å². The Hall–Kier alpha value is -0.830. The van der Waals surface area contributed by atoms with E-state index in [1.54, 1.807) is 0 Å². The predicted octanol–water partition coefficient (Wildman–Crippen LogP) is 1.71. The Kier molecular flexibility index (Phi) is 2.12. The first-order valence-electron chi connectivity index (χ1n) is 4.98. The van der Waals surface area contributed by atoms with Crippen LogP contribution in [-0.2, 0) is 7.05 Å². The molecule has 2 rings (SSSR count). The van der Waals surface area contributed by atoms with Crippen molar-refractivity contribution in [3.05, 3.63) is 17.5 Å². The van der Waals surface area contributed by atoms with Crippen LogP contribution in [0.2, 0.25) is 0 Å². The molecule has 0 bridgehead atoms. The molecule has 1 aromatic heterocycles. The van der Waals surface area contributed by atoms with Gasteiger partial charge in [-0.05, 0) is 25.8 Å². The molecule has 1 aliphatic carbocycles. The van der Waals surface area contributed by atoms with Gasteiger partial charge in [-0.2, -0.15) is 5.10 Å². The van der Waals surface area contributed by atoms with Crippen molar-refractivity contribution in [3.8, 4) is 0 Å². The Morgan fingerprint density at radius 2 is 2.31 bits per heavy atom. The summed E-state index contributed by atoms with van der Waals surface area (Å²) in [5.41, 5.74) is 8.20. The molecule has 3 heteroatoms. The Labute approximate surface area is 78.9 Å². The second-order valence-electron chi connectivity index (χ2n) is 4.03. The van der Waals surface area contributed by atoms with Gasteiger partial charge in [-0.3, -0.25) is 4.68 Å². The first kappa shape index (κ1) is 8.75. The molecule has 0 spiro atoms. The maximum Gasteiger partial charge on any atom is 0.0658 e. The van der Waals surface area contributed by atoms with Gasteiger partial charge in [0.05, 0.1) is 11.4 Å². The Bertz CT molecular complexity index is 297. The maximum absolute atomic E-state index is 5.83. The van der Waals surface area contributed by atoms with Crippen LogP contribution in [0.25, 0.3) is 0 Å². The van der Waals surface area contributed by atoms with Crippen molar-refractivity contribution in [2.45, 2.75) is 38.1 Å². The van der Waals surface area contributed by atoms with Gasteiger partial charge >= 0.3 is 0 Å². The first-order chi connectivity index (χ1) is 6.18. The van der Waals surface area contributed by atoms with Crippen molar-refractivity contribution in [2.75, 3.05) is 0 Å². The fourth-order valence-electron chi connectivity index (χ4n) is 1.83.